The molecule has 2 aromatic rings. The normalized spacial score (nSPS) is 19.0. The van der Waals surface area contributed by atoms with Crippen molar-refractivity contribution >= 4 is 11.3 Å². The van der Waals surface area contributed by atoms with Gasteiger partial charge >= 0.3 is 0 Å². The molecule has 3 heterocycles. The Labute approximate surface area is 128 Å². The molecule has 0 aromatic carbocycles. The lowest BCUT2D eigenvalue weighted by Crippen LogP contribution is -2.46. The van der Waals surface area contributed by atoms with Crippen LogP contribution in [0.15, 0.2) is 9.90 Å². The van der Waals surface area contributed by atoms with Gasteiger partial charge in [-0.15, -0.1) is 11.3 Å². The van der Waals surface area contributed by atoms with Gasteiger partial charge in [-0.1, -0.05) is 5.16 Å². The molecule has 0 saturated carbocycles. The second-order valence-corrected chi connectivity index (χ2v) is 6.59. The maximum Gasteiger partial charge on any atom is 0.243 e. The number of nitrogens with zero attached hydrogens (tertiary/aromatic N) is 5. The molecule has 21 heavy (non-hydrogen) atoms. The molecule has 1 atom stereocenters. The lowest BCUT2D eigenvalue weighted by atomic mass is 10.2. The maximum atomic E-state index is 5.28. The lowest BCUT2D eigenvalue weighted by Gasteiger charge is -2.36. The summed E-state index contributed by atoms with van der Waals surface area (Å²) >= 11 is 1.72. The number of rotatable bonds is 4. The minimum atomic E-state index is 0.190. The van der Waals surface area contributed by atoms with Crippen LogP contribution in [-0.2, 0) is 6.54 Å². The standard InChI is InChI=1S/C14H21N5OS/c1-10(14-15-11(2)17-20-14)19-6-4-18(5-7-19)8-13-9-21-12(3)16-13/h9-10H,4-8H2,1-3H3. The summed E-state index contributed by atoms with van der Waals surface area (Å²) in [4.78, 5) is 13.7. The fourth-order valence-corrected chi connectivity index (χ4v) is 3.26. The highest BCUT2D eigenvalue weighted by atomic mass is 32.1. The van der Waals surface area contributed by atoms with Gasteiger partial charge in [0, 0.05) is 38.1 Å². The second-order valence-electron chi connectivity index (χ2n) is 5.53. The molecular formula is C14H21N5OS. The van der Waals surface area contributed by atoms with Crippen molar-refractivity contribution in [2.75, 3.05) is 26.2 Å². The van der Waals surface area contributed by atoms with Crippen LogP contribution in [0.5, 0.6) is 0 Å². The Hall–Kier alpha value is -1.31. The van der Waals surface area contributed by atoms with Gasteiger partial charge in [0.05, 0.1) is 16.7 Å². The number of aryl methyl sites for hydroxylation is 2. The van der Waals surface area contributed by atoms with Gasteiger partial charge in [0.15, 0.2) is 5.82 Å². The van der Waals surface area contributed by atoms with Gasteiger partial charge in [-0.25, -0.2) is 4.98 Å². The molecule has 1 saturated heterocycles. The summed E-state index contributed by atoms with van der Waals surface area (Å²) in [6, 6.07) is 0.190. The van der Waals surface area contributed by atoms with E-state index in [1.54, 1.807) is 11.3 Å². The van der Waals surface area contributed by atoms with Crippen LogP contribution >= 0.6 is 11.3 Å². The quantitative estimate of drug-likeness (QED) is 0.861. The molecule has 0 radical (unpaired) electrons. The second kappa shape index (κ2) is 6.21. The SMILES string of the molecule is Cc1noc(C(C)N2CCN(Cc3csc(C)n3)CC2)n1. The van der Waals surface area contributed by atoms with Crippen LogP contribution in [0, 0.1) is 13.8 Å². The molecule has 0 amide bonds. The molecule has 0 aliphatic carbocycles. The van der Waals surface area contributed by atoms with Crippen LogP contribution in [0.1, 0.15) is 35.4 Å². The van der Waals surface area contributed by atoms with Crippen LogP contribution in [-0.4, -0.2) is 51.1 Å². The zero-order valence-electron chi connectivity index (χ0n) is 12.7. The van der Waals surface area contributed by atoms with Crippen molar-refractivity contribution in [2.45, 2.75) is 33.4 Å². The van der Waals surface area contributed by atoms with E-state index in [2.05, 4.69) is 44.2 Å². The van der Waals surface area contributed by atoms with Gasteiger partial charge < -0.3 is 4.52 Å². The van der Waals surface area contributed by atoms with Gasteiger partial charge in [0.25, 0.3) is 0 Å². The van der Waals surface area contributed by atoms with E-state index in [4.69, 9.17) is 4.52 Å². The molecule has 0 N–H and O–H groups in total. The predicted molar refractivity (Wildman–Crippen MR) is 81.2 cm³/mol. The van der Waals surface area contributed by atoms with Crippen molar-refractivity contribution in [1.82, 2.24) is 24.9 Å². The summed E-state index contributed by atoms with van der Waals surface area (Å²) < 4.78 is 5.28. The van der Waals surface area contributed by atoms with E-state index in [0.717, 1.165) is 43.6 Å². The first-order chi connectivity index (χ1) is 10.1. The molecule has 3 rings (SSSR count). The van der Waals surface area contributed by atoms with Crippen LogP contribution in [0.2, 0.25) is 0 Å². The van der Waals surface area contributed by atoms with Crippen molar-refractivity contribution in [3.05, 3.63) is 27.8 Å². The van der Waals surface area contributed by atoms with Gasteiger partial charge in [0.1, 0.15) is 0 Å². The fraction of sp³-hybridized carbons (Fsp3) is 0.643. The highest BCUT2D eigenvalue weighted by Crippen LogP contribution is 2.20. The molecule has 0 bridgehead atoms. The first-order valence-corrected chi connectivity index (χ1v) is 8.17. The third-order valence-electron chi connectivity index (χ3n) is 3.91. The Morgan fingerprint density at radius 2 is 2.00 bits per heavy atom. The zero-order chi connectivity index (χ0) is 14.8. The van der Waals surface area contributed by atoms with Gasteiger partial charge in [-0.05, 0) is 20.8 Å². The Kier molecular flexibility index (Phi) is 4.32. The summed E-state index contributed by atoms with van der Waals surface area (Å²) in [6.45, 7) is 11.1. The summed E-state index contributed by atoms with van der Waals surface area (Å²) in [5.74, 6) is 1.42. The smallest absolute Gasteiger partial charge is 0.243 e. The minimum Gasteiger partial charge on any atom is -0.338 e. The number of aromatic nitrogens is 3. The molecule has 1 fully saturated rings. The fourth-order valence-electron chi connectivity index (χ4n) is 2.66. The molecule has 1 aliphatic heterocycles. The van der Waals surface area contributed by atoms with Crippen molar-refractivity contribution in [1.29, 1.82) is 0 Å². The largest absolute Gasteiger partial charge is 0.338 e. The summed E-state index contributed by atoms with van der Waals surface area (Å²) in [6.07, 6.45) is 0. The predicted octanol–water partition coefficient (Wildman–Crippen LogP) is 2.02. The van der Waals surface area contributed by atoms with E-state index in [-0.39, 0.29) is 6.04 Å². The zero-order valence-corrected chi connectivity index (χ0v) is 13.6. The molecule has 114 valence electrons. The van der Waals surface area contributed by atoms with Crippen LogP contribution in [0.4, 0.5) is 0 Å². The summed E-state index contributed by atoms with van der Waals surface area (Å²) in [5, 5.41) is 7.18. The van der Waals surface area contributed by atoms with Crippen LogP contribution in [0.3, 0.4) is 0 Å². The molecule has 1 aliphatic rings. The molecule has 2 aromatic heterocycles. The monoisotopic (exact) mass is 307 g/mol. The van der Waals surface area contributed by atoms with Crippen LogP contribution < -0.4 is 0 Å². The topological polar surface area (TPSA) is 58.3 Å². The number of thiazole rings is 1. The first-order valence-electron chi connectivity index (χ1n) is 7.29. The van der Waals surface area contributed by atoms with E-state index < -0.39 is 0 Å². The Morgan fingerprint density at radius 3 is 2.57 bits per heavy atom. The maximum absolute atomic E-state index is 5.28. The first kappa shape index (κ1) is 14.6. The number of hydrogen-bond donors (Lipinski definition) is 0. The molecule has 0 spiro atoms. The van der Waals surface area contributed by atoms with Crippen molar-refractivity contribution < 1.29 is 4.52 Å². The Balaban J connectivity index is 1.52. The highest BCUT2D eigenvalue weighted by Gasteiger charge is 2.25. The van der Waals surface area contributed by atoms with Crippen molar-refractivity contribution in [3.63, 3.8) is 0 Å². The van der Waals surface area contributed by atoms with Crippen LogP contribution in [0.25, 0.3) is 0 Å². The Morgan fingerprint density at radius 1 is 1.24 bits per heavy atom. The number of hydrogen-bond acceptors (Lipinski definition) is 7. The van der Waals surface area contributed by atoms with E-state index in [0.29, 0.717) is 5.82 Å². The summed E-state index contributed by atoms with van der Waals surface area (Å²) in [5.41, 5.74) is 1.19. The third kappa shape index (κ3) is 3.48. The average molecular weight is 307 g/mol. The summed E-state index contributed by atoms with van der Waals surface area (Å²) in [7, 11) is 0. The lowest BCUT2D eigenvalue weighted by molar-refractivity contribution is 0.0839. The third-order valence-corrected chi connectivity index (χ3v) is 4.73. The highest BCUT2D eigenvalue weighted by molar-refractivity contribution is 7.09. The van der Waals surface area contributed by atoms with Gasteiger partial charge in [0.2, 0.25) is 5.89 Å². The van der Waals surface area contributed by atoms with E-state index in [1.165, 1.54) is 5.69 Å². The Bertz CT molecular complexity index is 588. The van der Waals surface area contributed by atoms with Gasteiger partial charge in [-0.2, -0.15) is 4.98 Å². The van der Waals surface area contributed by atoms with E-state index in [9.17, 15) is 0 Å². The molecule has 6 nitrogen and oxygen atoms in total. The van der Waals surface area contributed by atoms with E-state index >= 15 is 0 Å². The molecule has 1 unspecified atom stereocenters. The molecule has 7 heteroatoms. The van der Waals surface area contributed by atoms with E-state index in [1.807, 2.05) is 6.92 Å². The average Bonchev–Trinajstić information content (AvgIpc) is 3.08. The van der Waals surface area contributed by atoms with Crippen molar-refractivity contribution in [2.24, 2.45) is 0 Å². The molecular weight excluding hydrogens is 286 g/mol. The van der Waals surface area contributed by atoms with Gasteiger partial charge in [-0.3, -0.25) is 9.80 Å². The van der Waals surface area contributed by atoms with Crippen molar-refractivity contribution in [3.8, 4) is 0 Å². The minimum absolute atomic E-state index is 0.190. The number of piperazine rings is 1.